The summed E-state index contributed by atoms with van der Waals surface area (Å²) in [6, 6.07) is 7.53. The Bertz CT molecular complexity index is 607. The van der Waals surface area contributed by atoms with Crippen molar-refractivity contribution in [3.63, 3.8) is 0 Å². The van der Waals surface area contributed by atoms with E-state index in [2.05, 4.69) is 5.10 Å². The third kappa shape index (κ3) is 3.16. The van der Waals surface area contributed by atoms with Gasteiger partial charge >= 0.3 is 5.97 Å². The molecule has 0 unspecified atom stereocenters. The standard InChI is InChI=1S/C14H16N2O4/c1-16-13(12(7-15-16)14(17)18)9-20-8-10-4-3-5-11(6-10)19-2/h3-7H,8-9H2,1-2H3,(H,17,18). The number of benzene rings is 1. The van der Waals surface area contributed by atoms with Crippen LogP contribution in [0.2, 0.25) is 0 Å². The largest absolute Gasteiger partial charge is 0.497 e. The zero-order valence-electron chi connectivity index (χ0n) is 11.4. The quantitative estimate of drug-likeness (QED) is 0.871. The van der Waals surface area contributed by atoms with Crippen molar-refractivity contribution in [1.29, 1.82) is 0 Å². The first kappa shape index (κ1) is 14.1. The third-order valence-electron chi connectivity index (χ3n) is 2.93. The van der Waals surface area contributed by atoms with Gasteiger partial charge in [0.05, 0.1) is 32.2 Å². The van der Waals surface area contributed by atoms with E-state index in [4.69, 9.17) is 14.6 Å². The molecule has 0 saturated heterocycles. The topological polar surface area (TPSA) is 73.6 Å². The molecule has 6 nitrogen and oxygen atoms in total. The third-order valence-corrected chi connectivity index (χ3v) is 2.93. The molecule has 2 rings (SSSR count). The number of aryl methyl sites for hydroxylation is 1. The summed E-state index contributed by atoms with van der Waals surface area (Å²) in [5.74, 6) is -0.240. The number of hydrogen-bond acceptors (Lipinski definition) is 4. The normalized spacial score (nSPS) is 10.5. The van der Waals surface area contributed by atoms with Crippen LogP contribution < -0.4 is 4.74 Å². The molecule has 0 aliphatic rings. The lowest BCUT2D eigenvalue weighted by atomic mass is 10.2. The first-order valence-electron chi connectivity index (χ1n) is 6.06. The number of carboxylic acid groups (broad SMARTS) is 1. The van der Waals surface area contributed by atoms with Gasteiger partial charge in [0.15, 0.2) is 0 Å². The Balaban J connectivity index is 1.99. The van der Waals surface area contributed by atoms with Crippen LogP contribution in [0.4, 0.5) is 0 Å². The first-order chi connectivity index (χ1) is 9.61. The van der Waals surface area contributed by atoms with Crippen molar-refractivity contribution in [2.45, 2.75) is 13.2 Å². The Kier molecular flexibility index (Phi) is 4.37. The first-order valence-corrected chi connectivity index (χ1v) is 6.06. The molecule has 1 N–H and O–H groups in total. The molecule has 1 aromatic carbocycles. The van der Waals surface area contributed by atoms with E-state index in [1.807, 2.05) is 24.3 Å². The van der Waals surface area contributed by atoms with E-state index in [1.165, 1.54) is 10.9 Å². The summed E-state index contributed by atoms with van der Waals surface area (Å²) >= 11 is 0. The van der Waals surface area contributed by atoms with Gasteiger partial charge in [-0.3, -0.25) is 4.68 Å². The van der Waals surface area contributed by atoms with Crippen LogP contribution in [0.15, 0.2) is 30.5 Å². The van der Waals surface area contributed by atoms with Crippen molar-refractivity contribution < 1.29 is 19.4 Å². The maximum Gasteiger partial charge on any atom is 0.339 e. The number of nitrogens with zero attached hydrogens (tertiary/aromatic N) is 2. The Hall–Kier alpha value is -2.34. The van der Waals surface area contributed by atoms with Crippen molar-refractivity contribution in [1.82, 2.24) is 9.78 Å². The summed E-state index contributed by atoms with van der Waals surface area (Å²) in [7, 11) is 3.30. The molecule has 20 heavy (non-hydrogen) atoms. The van der Waals surface area contributed by atoms with Crippen LogP contribution >= 0.6 is 0 Å². The smallest absolute Gasteiger partial charge is 0.339 e. The van der Waals surface area contributed by atoms with Gasteiger partial charge < -0.3 is 14.6 Å². The van der Waals surface area contributed by atoms with Crippen molar-refractivity contribution in [2.75, 3.05) is 7.11 Å². The lowest BCUT2D eigenvalue weighted by Gasteiger charge is -2.07. The highest BCUT2D eigenvalue weighted by Gasteiger charge is 2.14. The molecule has 0 amide bonds. The highest BCUT2D eigenvalue weighted by atomic mass is 16.5. The molecule has 1 aromatic heterocycles. The summed E-state index contributed by atoms with van der Waals surface area (Å²) in [5, 5.41) is 13.0. The summed E-state index contributed by atoms with van der Waals surface area (Å²) in [5.41, 5.74) is 1.67. The van der Waals surface area contributed by atoms with Crippen molar-refractivity contribution >= 4 is 5.97 Å². The Morgan fingerprint density at radius 2 is 2.20 bits per heavy atom. The molecular weight excluding hydrogens is 260 g/mol. The van der Waals surface area contributed by atoms with Crippen molar-refractivity contribution in [3.8, 4) is 5.75 Å². The highest BCUT2D eigenvalue weighted by molar-refractivity contribution is 5.88. The number of aromatic nitrogens is 2. The fourth-order valence-electron chi connectivity index (χ4n) is 1.84. The van der Waals surface area contributed by atoms with Crippen molar-refractivity contribution in [2.24, 2.45) is 7.05 Å². The molecular formula is C14H16N2O4. The summed E-state index contributed by atoms with van der Waals surface area (Å²) in [4.78, 5) is 11.0. The van der Waals surface area contributed by atoms with E-state index in [0.717, 1.165) is 11.3 Å². The van der Waals surface area contributed by atoms with Gasteiger partial charge in [-0.25, -0.2) is 4.79 Å². The summed E-state index contributed by atoms with van der Waals surface area (Å²) in [6.07, 6.45) is 1.33. The van der Waals surface area contributed by atoms with Crippen LogP contribution in [0, 0.1) is 0 Å². The molecule has 1 heterocycles. The molecule has 0 bridgehead atoms. The van der Waals surface area contributed by atoms with Crippen LogP contribution in [0.25, 0.3) is 0 Å². The van der Waals surface area contributed by atoms with Gasteiger partial charge in [-0.2, -0.15) is 5.10 Å². The minimum Gasteiger partial charge on any atom is -0.497 e. The number of hydrogen-bond donors (Lipinski definition) is 1. The van der Waals surface area contributed by atoms with Crippen LogP contribution in [0.1, 0.15) is 21.6 Å². The van der Waals surface area contributed by atoms with Gasteiger partial charge in [-0.1, -0.05) is 12.1 Å². The van der Waals surface area contributed by atoms with Crippen LogP contribution in [0.5, 0.6) is 5.75 Å². The maximum absolute atomic E-state index is 11.0. The molecule has 0 fully saturated rings. The molecule has 106 valence electrons. The molecule has 0 aliphatic carbocycles. The predicted octanol–water partition coefficient (Wildman–Crippen LogP) is 1.84. The molecule has 0 saturated carbocycles. The average molecular weight is 276 g/mol. The highest BCUT2D eigenvalue weighted by Crippen LogP contribution is 2.15. The minimum absolute atomic E-state index is 0.165. The fraction of sp³-hybridized carbons (Fsp3) is 0.286. The second kappa shape index (κ2) is 6.21. The second-order valence-electron chi connectivity index (χ2n) is 4.28. The number of methoxy groups -OCH3 is 1. The van der Waals surface area contributed by atoms with E-state index >= 15 is 0 Å². The van der Waals surface area contributed by atoms with E-state index < -0.39 is 5.97 Å². The summed E-state index contributed by atoms with van der Waals surface area (Å²) in [6.45, 7) is 0.566. The van der Waals surface area contributed by atoms with Gasteiger partial charge in [-0.15, -0.1) is 0 Å². The fourth-order valence-corrected chi connectivity index (χ4v) is 1.84. The lowest BCUT2D eigenvalue weighted by Crippen LogP contribution is -2.07. The monoisotopic (exact) mass is 276 g/mol. The van der Waals surface area contributed by atoms with Gasteiger partial charge in [0.1, 0.15) is 11.3 Å². The zero-order chi connectivity index (χ0) is 14.5. The molecule has 2 aromatic rings. The van der Waals surface area contributed by atoms with Crippen molar-refractivity contribution in [3.05, 3.63) is 47.3 Å². The van der Waals surface area contributed by atoms with Gasteiger partial charge in [0.25, 0.3) is 0 Å². The maximum atomic E-state index is 11.0. The number of rotatable bonds is 6. The number of carboxylic acids is 1. The molecule has 6 heteroatoms. The minimum atomic E-state index is -1.00. The van der Waals surface area contributed by atoms with Gasteiger partial charge in [0, 0.05) is 7.05 Å². The predicted molar refractivity (Wildman–Crippen MR) is 71.7 cm³/mol. The SMILES string of the molecule is COc1cccc(COCc2c(C(=O)O)cnn2C)c1. The number of carbonyl (C=O) groups is 1. The second-order valence-corrected chi connectivity index (χ2v) is 4.28. The number of aromatic carboxylic acids is 1. The Labute approximate surface area is 116 Å². The molecule has 0 atom stereocenters. The number of ether oxygens (including phenoxy) is 2. The molecule has 0 aliphatic heterocycles. The van der Waals surface area contributed by atoms with Crippen LogP contribution in [-0.4, -0.2) is 28.0 Å². The summed E-state index contributed by atoms with van der Waals surface area (Å²) < 4.78 is 12.2. The Morgan fingerprint density at radius 3 is 2.90 bits per heavy atom. The average Bonchev–Trinajstić information content (AvgIpc) is 2.81. The van der Waals surface area contributed by atoms with E-state index in [0.29, 0.717) is 12.3 Å². The van der Waals surface area contributed by atoms with E-state index in [-0.39, 0.29) is 12.2 Å². The van der Waals surface area contributed by atoms with Gasteiger partial charge in [0.2, 0.25) is 0 Å². The lowest BCUT2D eigenvalue weighted by molar-refractivity contribution is 0.0681. The molecule has 0 radical (unpaired) electrons. The van der Waals surface area contributed by atoms with E-state index in [1.54, 1.807) is 14.2 Å². The zero-order valence-corrected chi connectivity index (χ0v) is 11.4. The van der Waals surface area contributed by atoms with Gasteiger partial charge in [-0.05, 0) is 17.7 Å². The van der Waals surface area contributed by atoms with Crippen LogP contribution in [0.3, 0.4) is 0 Å². The Morgan fingerprint density at radius 1 is 1.40 bits per heavy atom. The molecule has 0 spiro atoms. The van der Waals surface area contributed by atoms with E-state index in [9.17, 15) is 4.79 Å². The van der Waals surface area contributed by atoms with Crippen LogP contribution in [-0.2, 0) is 25.0 Å².